The number of hydrogen-bond donors (Lipinski definition) is 0. The second-order valence-electron chi connectivity index (χ2n) is 5.64. The number of benzene rings is 3. The Balaban J connectivity index is 2.09. The highest BCUT2D eigenvalue weighted by atomic mass is 79.9. The molecule has 0 saturated carbocycles. The summed E-state index contributed by atoms with van der Waals surface area (Å²) in [4.78, 5) is 0. The second kappa shape index (κ2) is 7.43. The maximum atomic E-state index is 3.58. The van der Waals surface area contributed by atoms with Gasteiger partial charge in [0.05, 0.1) is 0 Å². The van der Waals surface area contributed by atoms with E-state index >= 15 is 0 Å². The van der Waals surface area contributed by atoms with Crippen molar-refractivity contribution in [3.05, 3.63) is 106 Å². The number of halogens is 1. The molecule has 0 aliphatic heterocycles. The fraction of sp³-hybridized carbons (Fsp3) is 0.0909. The van der Waals surface area contributed by atoms with Crippen LogP contribution in [0.3, 0.4) is 0 Å². The first-order chi connectivity index (χ1) is 11.2. The molecule has 0 bridgehead atoms. The van der Waals surface area contributed by atoms with Crippen LogP contribution in [0.5, 0.6) is 0 Å². The summed E-state index contributed by atoms with van der Waals surface area (Å²) in [6.45, 7) is 2.22. The van der Waals surface area contributed by atoms with E-state index in [-0.39, 0.29) is 0 Å². The average molecular weight is 363 g/mol. The van der Waals surface area contributed by atoms with Gasteiger partial charge in [-0.25, -0.2) is 0 Å². The standard InChI is InChI=1S/C22H19Br/c1-17(20-13-8-14-21(23)16-20)22(19-11-6-3-7-12-19)15-18-9-4-2-5-10-18/h2-14,16H,15H2,1H3. The van der Waals surface area contributed by atoms with E-state index in [0.29, 0.717) is 0 Å². The summed E-state index contributed by atoms with van der Waals surface area (Å²) in [7, 11) is 0. The molecule has 0 radical (unpaired) electrons. The summed E-state index contributed by atoms with van der Waals surface area (Å²) < 4.78 is 1.11. The largest absolute Gasteiger partial charge is 0.0622 e. The van der Waals surface area contributed by atoms with E-state index in [9.17, 15) is 0 Å². The SMILES string of the molecule is CC(=C(Cc1ccccc1)c1ccccc1)c1cccc(Br)c1. The van der Waals surface area contributed by atoms with Crippen LogP contribution in [-0.4, -0.2) is 0 Å². The van der Waals surface area contributed by atoms with Crippen molar-refractivity contribution in [1.82, 2.24) is 0 Å². The van der Waals surface area contributed by atoms with Crippen LogP contribution in [-0.2, 0) is 6.42 Å². The smallest absolute Gasteiger partial charge is 0.0181 e. The fourth-order valence-electron chi connectivity index (χ4n) is 2.79. The Kier molecular flexibility index (Phi) is 5.09. The van der Waals surface area contributed by atoms with Gasteiger partial charge in [-0.1, -0.05) is 88.7 Å². The van der Waals surface area contributed by atoms with Crippen molar-refractivity contribution in [2.45, 2.75) is 13.3 Å². The van der Waals surface area contributed by atoms with Gasteiger partial charge in [0.25, 0.3) is 0 Å². The summed E-state index contributed by atoms with van der Waals surface area (Å²) in [6.07, 6.45) is 0.934. The number of hydrogen-bond acceptors (Lipinski definition) is 0. The van der Waals surface area contributed by atoms with E-state index in [1.54, 1.807) is 0 Å². The Labute approximate surface area is 146 Å². The van der Waals surface area contributed by atoms with Gasteiger partial charge in [-0.2, -0.15) is 0 Å². The first-order valence-electron chi connectivity index (χ1n) is 7.79. The summed E-state index contributed by atoms with van der Waals surface area (Å²) in [5, 5.41) is 0. The van der Waals surface area contributed by atoms with Crippen molar-refractivity contribution >= 4 is 27.1 Å². The zero-order chi connectivity index (χ0) is 16.1. The highest BCUT2D eigenvalue weighted by molar-refractivity contribution is 9.10. The third-order valence-electron chi connectivity index (χ3n) is 4.06. The lowest BCUT2D eigenvalue weighted by Gasteiger charge is -2.14. The molecule has 0 aliphatic rings. The minimum atomic E-state index is 0.934. The zero-order valence-corrected chi connectivity index (χ0v) is 14.8. The van der Waals surface area contributed by atoms with Crippen molar-refractivity contribution in [2.75, 3.05) is 0 Å². The molecule has 0 fully saturated rings. The maximum absolute atomic E-state index is 3.58. The van der Waals surface area contributed by atoms with Crippen LogP contribution in [0.4, 0.5) is 0 Å². The van der Waals surface area contributed by atoms with Gasteiger partial charge >= 0.3 is 0 Å². The molecule has 114 valence electrons. The van der Waals surface area contributed by atoms with E-state index in [1.807, 2.05) is 0 Å². The minimum absolute atomic E-state index is 0.934. The summed E-state index contributed by atoms with van der Waals surface area (Å²) >= 11 is 3.58. The lowest BCUT2D eigenvalue weighted by atomic mass is 9.91. The molecule has 0 N–H and O–H groups in total. The molecular weight excluding hydrogens is 344 g/mol. The molecule has 0 spiro atoms. The van der Waals surface area contributed by atoms with Gasteiger partial charge in [0.2, 0.25) is 0 Å². The molecule has 0 saturated heterocycles. The Morgan fingerprint density at radius 1 is 0.739 bits per heavy atom. The van der Waals surface area contributed by atoms with Gasteiger partial charge in [0, 0.05) is 4.47 Å². The maximum Gasteiger partial charge on any atom is 0.0181 e. The molecule has 0 aromatic heterocycles. The lowest BCUT2D eigenvalue weighted by molar-refractivity contribution is 1.27. The van der Waals surface area contributed by atoms with Crippen molar-refractivity contribution in [1.29, 1.82) is 0 Å². The first-order valence-corrected chi connectivity index (χ1v) is 8.58. The fourth-order valence-corrected chi connectivity index (χ4v) is 3.19. The third-order valence-corrected chi connectivity index (χ3v) is 4.55. The minimum Gasteiger partial charge on any atom is -0.0622 e. The summed E-state index contributed by atoms with van der Waals surface area (Å²) in [5.74, 6) is 0. The highest BCUT2D eigenvalue weighted by Crippen LogP contribution is 2.30. The van der Waals surface area contributed by atoms with Crippen molar-refractivity contribution in [2.24, 2.45) is 0 Å². The molecule has 3 rings (SSSR count). The molecule has 1 heteroatoms. The van der Waals surface area contributed by atoms with Gasteiger partial charge < -0.3 is 0 Å². The van der Waals surface area contributed by atoms with Crippen molar-refractivity contribution in [3.63, 3.8) is 0 Å². The van der Waals surface area contributed by atoms with Gasteiger partial charge in [-0.15, -0.1) is 0 Å². The van der Waals surface area contributed by atoms with Crippen LogP contribution in [0.1, 0.15) is 23.6 Å². The van der Waals surface area contributed by atoms with Crippen LogP contribution >= 0.6 is 15.9 Å². The Hall–Kier alpha value is -2.12. The van der Waals surface area contributed by atoms with E-state index in [2.05, 4.69) is 108 Å². The highest BCUT2D eigenvalue weighted by Gasteiger charge is 2.09. The molecule has 3 aromatic rings. The summed E-state index contributed by atoms with van der Waals surface area (Å²) in [6, 6.07) is 29.8. The van der Waals surface area contributed by atoms with Crippen molar-refractivity contribution in [3.8, 4) is 0 Å². The normalized spacial score (nSPS) is 11.9. The zero-order valence-electron chi connectivity index (χ0n) is 13.2. The third kappa shape index (κ3) is 4.00. The predicted molar refractivity (Wildman–Crippen MR) is 103 cm³/mol. The van der Waals surface area contributed by atoms with E-state index in [1.165, 1.54) is 27.8 Å². The van der Waals surface area contributed by atoms with E-state index in [4.69, 9.17) is 0 Å². The molecule has 3 aromatic carbocycles. The van der Waals surface area contributed by atoms with Crippen molar-refractivity contribution < 1.29 is 0 Å². The van der Waals surface area contributed by atoms with Gasteiger partial charge in [-0.3, -0.25) is 0 Å². The molecule has 23 heavy (non-hydrogen) atoms. The molecular formula is C22H19Br. The molecule has 0 atom stereocenters. The molecule has 0 heterocycles. The Morgan fingerprint density at radius 3 is 2.00 bits per heavy atom. The van der Waals surface area contributed by atoms with Crippen LogP contribution < -0.4 is 0 Å². The second-order valence-corrected chi connectivity index (χ2v) is 6.56. The van der Waals surface area contributed by atoms with Crippen LogP contribution in [0.2, 0.25) is 0 Å². The van der Waals surface area contributed by atoms with Crippen LogP contribution in [0, 0.1) is 0 Å². The average Bonchev–Trinajstić information content (AvgIpc) is 2.61. The van der Waals surface area contributed by atoms with Gasteiger partial charge in [0.1, 0.15) is 0 Å². The number of rotatable bonds is 4. The van der Waals surface area contributed by atoms with E-state index < -0.39 is 0 Å². The molecule has 0 amide bonds. The van der Waals surface area contributed by atoms with Gasteiger partial charge in [0.15, 0.2) is 0 Å². The molecule has 0 nitrogen and oxygen atoms in total. The molecule has 0 unspecified atom stereocenters. The number of allylic oxidation sites excluding steroid dienone is 2. The Morgan fingerprint density at radius 2 is 1.35 bits per heavy atom. The monoisotopic (exact) mass is 362 g/mol. The van der Waals surface area contributed by atoms with Gasteiger partial charge in [-0.05, 0) is 53.3 Å². The lowest BCUT2D eigenvalue weighted by Crippen LogP contribution is -1.95. The van der Waals surface area contributed by atoms with E-state index in [0.717, 1.165) is 10.9 Å². The topological polar surface area (TPSA) is 0 Å². The molecule has 0 aliphatic carbocycles. The van der Waals surface area contributed by atoms with Crippen LogP contribution in [0.25, 0.3) is 11.1 Å². The van der Waals surface area contributed by atoms with Crippen LogP contribution in [0.15, 0.2) is 89.4 Å². The Bertz CT molecular complexity index is 802. The first kappa shape index (κ1) is 15.8. The quantitative estimate of drug-likeness (QED) is 0.457. The summed E-state index contributed by atoms with van der Waals surface area (Å²) in [5.41, 5.74) is 6.57. The predicted octanol–water partition coefficient (Wildman–Crippen LogP) is 6.62.